The predicted molar refractivity (Wildman–Crippen MR) is 101 cm³/mol. The molecular formula is C20H14F2O3S2. The third-order valence-corrected chi connectivity index (χ3v) is 6.77. The van der Waals surface area contributed by atoms with Gasteiger partial charge in [0.1, 0.15) is 11.6 Å². The topological polar surface area (TPSA) is 51.2 Å². The van der Waals surface area contributed by atoms with Crippen molar-refractivity contribution in [2.75, 3.05) is 0 Å². The molecule has 0 spiro atoms. The van der Waals surface area contributed by atoms with Crippen LogP contribution in [0.4, 0.5) is 8.78 Å². The summed E-state index contributed by atoms with van der Waals surface area (Å²) in [7, 11) is -5.85. The van der Waals surface area contributed by atoms with E-state index in [4.69, 9.17) is 0 Å². The maximum atomic E-state index is 13.2. The van der Waals surface area contributed by atoms with E-state index in [2.05, 4.69) is 0 Å². The first kappa shape index (κ1) is 19.1. The van der Waals surface area contributed by atoms with E-state index in [9.17, 15) is 21.4 Å². The summed E-state index contributed by atoms with van der Waals surface area (Å²) in [6, 6.07) is 17.8. The van der Waals surface area contributed by atoms with Gasteiger partial charge in [-0.3, -0.25) is 0 Å². The molecule has 0 fully saturated rings. The van der Waals surface area contributed by atoms with Crippen molar-refractivity contribution >= 4 is 25.5 Å². The monoisotopic (exact) mass is 404 g/mol. The Kier molecular flexibility index (Phi) is 5.62. The van der Waals surface area contributed by atoms with E-state index < -0.39 is 32.3 Å². The number of sulfone groups is 1. The van der Waals surface area contributed by atoms with Crippen molar-refractivity contribution in [3.8, 4) is 0 Å². The zero-order valence-corrected chi connectivity index (χ0v) is 15.5. The van der Waals surface area contributed by atoms with Crippen LogP contribution in [0.3, 0.4) is 0 Å². The van der Waals surface area contributed by atoms with E-state index in [1.165, 1.54) is 12.1 Å². The molecule has 0 aliphatic rings. The van der Waals surface area contributed by atoms with Crippen molar-refractivity contribution in [2.45, 2.75) is 9.79 Å². The van der Waals surface area contributed by atoms with Gasteiger partial charge < -0.3 is 0 Å². The second kappa shape index (κ2) is 7.94. The Bertz CT molecular complexity index is 1090. The van der Waals surface area contributed by atoms with Crippen molar-refractivity contribution in [1.29, 1.82) is 0 Å². The standard InChI is InChI=1S/C20H14F2O3S2/c21-16-6-10-18(11-7-16)26(23)20(15-4-2-1-3-5-15)14-27(24,25)19-12-8-17(22)9-13-19/h1-14H/b20-14+. The highest BCUT2D eigenvalue weighted by Crippen LogP contribution is 2.27. The van der Waals surface area contributed by atoms with Crippen LogP contribution in [0.5, 0.6) is 0 Å². The molecule has 7 heteroatoms. The summed E-state index contributed by atoms with van der Waals surface area (Å²) < 4.78 is 64.7. The molecule has 3 aromatic carbocycles. The zero-order chi connectivity index (χ0) is 19.4. The lowest BCUT2D eigenvalue weighted by Crippen LogP contribution is -2.03. The Morgan fingerprint density at radius 1 is 0.778 bits per heavy atom. The Hall–Kier alpha value is -2.64. The van der Waals surface area contributed by atoms with E-state index in [1.54, 1.807) is 30.3 Å². The van der Waals surface area contributed by atoms with E-state index in [0.717, 1.165) is 41.8 Å². The Balaban J connectivity index is 2.12. The number of halogens is 2. The van der Waals surface area contributed by atoms with Gasteiger partial charge in [-0.2, -0.15) is 0 Å². The molecule has 27 heavy (non-hydrogen) atoms. The Morgan fingerprint density at radius 2 is 1.30 bits per heavy atom. The van der Waals surface area contributed by atoms with Gasteiger partial charge in [0.05, 0.1) is 26.0 Å². The molecule has 0 saturated heterocycles. The summed E-state index contributed by atoms with van der Waals surface area (Å²) >= 11 is 0. The highest BCUT2D eigenvalue weighted by Gasteiger charge is 2.19. The lowest BCUT2D eigenvalue weighted by atomic mass is 10.2. The van der Waals surface area contributed by atoms with Crippen molar-refractivity contribution in [2.24, 2.45) is 0 Å². The van der Waals surface area contributed by atoms with Gasteiger partial charge in [-0.25, -0.2) is 21.4 Å². The van der Waals surface area contributed by atoms with Crippen molar-refractivity contribution < 1.29 is 21.4 Å². The van der Waals surface area contributed by atoms with Gasteiger partial charge in [-0.15, -0.1) is 0 Å². The minimum Gasteiger partial charge on any atom is -0.249 e. The van der Waals surface area contributed by atoms with Crippen LogP contribution in [0.1, 0.15) is 5.56 Å². The minimum atomic E-state index is -3.98. The van der Waals surface area contributed by atoms with Gasteiger partial charge >= 0.3 is 0 Å². The molecular weight excluding hydrogens is 390 g/mol. The average Bonchev–Trinajstić information content (AvgIpc) is 2.67. The van der Waals surface area contributed by atoms with Crippen LogP contribution >= 0.6 is 0 Å². The third-order valence-electron chi connectivity index (χ3n) is 3.69. The molecule has 0 saturated carbocycles. The summed E-state index contributed by atoms with van der Waals surface area (Å²) in [6.07, 6.45) is 0. The molecule has 0 aromatic heterocycles. The van der Waals surface area contributed by atoms with Crippen LogP contribution in [0.25, 0.3) is 4.91 Å². The number of rotatable bonds is 5. The predicted octanol–water partition coefficient (Wildman–Crippen LogP) is 4.54. The highest BCUT2D eigenvalue weighted by molar-refractivity contribution is 7.99. The molecule has 3 aromatic rings. The molecule has 3 nitrogen and oxygen atoms in total. The number of hydrogen-bond acceptors (Lipinski definition) is 3. The first-order chi connectivity index (χ1) is 12.9. The van der Waals surface area contributed by atoms with Crippen LogP contribution < -0.4 is 0 Å². The van der Waals surface area contributed by atoms with E-state index in [-0.39, 0.29) is 14.7 Å². The quantitative estimate of drug-likeness (QED) is 0.587. The maximum Gasteiger partial charge on any atom is 0.201 e. The maximum absolute atomic E-state index is 13.2. The molecule has 0 amide bonds. The molecule has 0 aliphatic carbocycles. The highest BCUT2D eigenvalue weighted by atomic mass is 32.2. The summed E-state index contributed by atoms with van der Waals surface area (Å²) in [5, 5.41) is 0.912. The molecule has 0 bridgehead atoms. The summed E-state index contributed by atoms with van der Waals surface area (Å²) in [5.74, 6) is -1.05. The number of hydrogen-bond donors (Lipinski definition) is 0. The van der Waals surface area contributed by atoms with Gasteiger partial charge in [0, 0.05) is 4.90 Å². The molecule has 1 atom stereocenters. The van der Waals surface area contributed by atoms with Crippen LogP contribution in [0.2, 0.25) is 0 Å². The van der Waals surface area contributed by atoms with Crippen LogP contribution in [-0.2, 0) is 20.6 Å². The Morgan fingerprint density at radius 3 is 1.85 bits per heavy atom. The van der Waals surface area contributed by atoms with Crippen molar-refractivity contribution in [3.05, 3.63) is 101 Å². The molecule has 1 unspecified atom stereocenters. The average molecular weight is 404 g/mol. The van der Waals surface area contributed by atoms with Gasteiger partial charge in [-0.05, 0) is 54.1 Å². The number of benzene rings is 3. The zero-order valence-electron chi connectivity index (χ0n) is 13.9. The molecule has 0 N–H and O–H groups in total. The fraction of sp³-hybridized carbons (Fsp3) is 0. The summed E-state index contributed by atoms with van der Waals surface area (Å²) in [6.45, 7) is 0. The van der Waals surface area contributed by atoms with Crippen LogP contribution in [-0.4, -0.2) is 12.6 Å². The molecule has 0 radical (unpaired) electrons. The normalized spacial score (nSPS) is 13.3. The first-order valence-corrected chi connectivity index (χ1v) is 10.5. The molecule has 0 aliphatic heterocycles. The molecule has 0 heterocycles. The van der Waals surface area contributed by atoms with Gasteiger partial charge in [0.25, 0.3) is 0 Å². The minimum absolute atomic E-state index is 0.0477. The largest absolute Gasteiger partial charge is 0.249 e. The van der Waals surface area contributed by atoms with Gasteiger partial charge in [-0.1, -0.05) is 30.3 Å². The fourth-order valence-electron chi connectivity index (χ4n) is 2.34. The fourth-order valence-corrected chi connectivity index (χ4v) is 5.13. The van der Waals surface area contributed by atoms with Gasteiger partial charge in [0.15, 0.2) is 0 Å². The molecule has 138 valence electrons. The van der Waals surface area contributed by atoms with E-state index >= 15 is 0 Å². The van der Waals surface area contributed by atoms with Crippen molar-refractivity contribution in [3.63, 3.8) is 0 Å². The first-order valence-electron chi connectivity index (χ1n) is 7.82. The summed E-state index contributed by atoms with van der Waals surface area (Å²) in [5.41, 5.74) is 0.450. The SMILES string of the molecule is O=S(/C(=C/S(=O)(=O)c1ccc(F)cc1)c1ccccc1)c1ccc(F)cc1. The van der Waals surface area contributed by atoms with Gasteiger partial charge in [0.2, 0.25) is 9.84 Å². The van der Waals surface area contributed by atoms with Crippen LogP contribution in [0.15, 0.2) is 94.1 Å². The Labute approximate surface area is 158 Å². The second-order valence-corrected chi connectivity index (χ2v) is 8.82. The van der Waals surface area contributed by atoms with E-state index in [0.29, 0.717) is 5.56 Å². The van der Waals surface area contributed by atoms with E-state index in [1.807, 2.05) is 0 Å². The third kappa shape index (κ3) is 4.56. The smallest absolute Gasteiger partial charge is 0.201 e. The summed E-state index contributed by atoms with van der Waals surface area (Å²) in [4.78, 5) is 0.195. The van der Waals surface area contributed by atoms with Crippen molar-refractivity contribution in [1.82, 2.24) is 0 Å². The molecule has 3 rings (SSSR count). The lowest BCUT2D eigenvalue weighted by molar-refractivity contribution is 0.603. The van der Waals surface area contributed by atoms with Crippen LogP contribution in [0, 0.1) is 11.6 Å². The second-order valence-electron chi connectivity index (χ2n) is 5.57. The lowest BCUT2D eigenvalue weighted by Gasteiger charge is -2.09.